The van der Waals surface area contributed by atoms with E-state index in [2.05, 4.69) is 11.1 Å². The number of benzene rings is 1. The molecule has 7 nitrogen and oxygen atoms in total. The number of nitrogens with zero attached hydrogens (tertiary/aromatic N) is 2. The number of ether oxygens (including phenoxy) is 1. The third kappa shape index (κ3) is 2.36. The average Bonchev–Trinajstić information content (AvgIpc) is 3.28. The molecule has 3 atom stereocenters. The van der Waals surface area contributed by atoms with Crippen LogP contribution in [0, 0.1) is 17.7 Å². The van der Waals surface area contributed by atoms with Crippen molar-refractivity contribution >= 4 is 16.6 Å². The Morgan fingerprint density at radius 1 is 1.26 bits per heavy atom. The van der Waals surface area contributed by atoms with Crippen molar-refractivity contribution < 1.29 is 9.13 Å². The number of aromatic nitrogens is 2. The Morgan fingerprint density at radius 3 is 2.70 bits per heavy atom. The highest BCUT2D eigenvalue weighted by Crippen LogP contribution is 2.45. The fraction of sp³-hybridized carbons (Fsp3) is 0.474. The summed E-state index contributed by atoms with van der Waals surface area (Å²) in [4.78, 5) is 29.0. The quantitative estimate of drug-likeness (QED) is 0.788. The van der Waals surface area contributed by atoms with E-state index >= 15 is 4.39 Å². The fourth-order valence-electron chi connectivity index (χ4n) is 4.58. The zero-order chi connectivity index (χ0) is 18.9. The molecular weight excluding hydrogens is 351 g/mol. The summed E-state index contributed by atoms with van der Waals surface area (Å²) < 4.78 is 22.2. The van der Waals surface area contributed by atoms with Gasteiger partial charge in [0.2, 0.25) is 0 Å². The standard InChI is InChI=1S/C19H21FN4O3/c1-27-17-15-11(18(25)22-19(26)24(15)10-3-4-10)6-13(20)16(17)23-7-9-2-5-14(21)12(9)8-23/h2,5-6,9-10,12,14H,3-4,7-8,21H2,1H3,(H,22,25,26). The lowest BCUT2D eigenvalue weighted by atomic mass is 9.97. The highest BCUT2D eigenvalue weighted by Gasteiger charge is 2.40. The van der Waals surface area contributed by atoms with E-state index in [4.69, 9.17) is 10.5 Å². The van der Waals surface area contributed by atoms with Crippen LogP contribution in [0.5, 0.6) is 5.75 Å². The van der Waals surface area contributed by atoms with Crippen LogP contribution in [0.1, 0.15) is 18.9 Å². The lowest BCUT2D eigenvalue weighted by Crippen LogP contribution is -2.32. The second-order valence-electron chi connectivity index (χ2n) is 7.69. The van der Waals surface area contributed by atoms with Crippen molar-refractivity contribution in [3.63, 3.8) is 0 Å². The Kier molecular flexibility index (Phi) is 3.49. The van der Waals surface area contributed by atoms with Gasteiger partial charge in [-0.25, -0.2) is 9.18 Å². The summed E-state index contributed by atoms with van der Waals surface area (Å²) in [6.07, 6.45) is 5.80. The van der Waals surface area contributed by atoms with Crippen LogP contribution in [-0.4, -0.2) is 35.8 Å². The molecule has 2 aromatic rings. The second kappa shape index (κ2) is 5.69. The van der Waals surface area contributed by atoms with Gasteiger partial charge >= 0.3 is 5.69 Å². The van der Waals surface area contributed by atoms with Gasteiger partial charge in [-0.15, -0.1) is 0 Å². The monoisotopic (exact) mass is 372 g/mol. The number of hydrogen-bond acceptors (Lipinski definition) is 5. The lowest BCUT2D eigenvalue weighted by molar-refractivity contribution is 0.412. The van der Waals surface area contributed by atoms with E-state index in [0.717, 1.165) is 12.8 Å². The van der Waals surface area contributed by atoms with Crippen molar-refractivity contribution in [2.75, 3.05) is 25.1 Å². The number of nitrogens with two attached hydrogens (primary N) is 1. The molecule has 27 heavy (non-hydrogen) atoms. The van der Waals surface area contributed by atoms with Crippen LogP contribution in [0.4, 0.5) is 10.1 Å². The van der Waals surface area contributed by atoms with E-state index in [1.54, 1.807) is 4.57 Å². The smallest absolute Gasteiger partial charge is 0.329 e. The molecule has 5 rings (SSSR count). The van der Waals surface area contributed by atoms with Crippen LogP contribution in [0.25, 0.3) is 10.9 Å². The van der Waals surface area contributed by atoms with Gasteiger partial charge in [0.1, 0.15) is 11.2 Å². The molecule has 2 heterocycles. The minimum atomic E-state index is -0.598. The van der Waals surface area contributed by atoms with Crippen LogP contribution in [-0.2, 0) is 0 Å². The van der Waals surface area contributed by atoms with E-state index in [1.807, 2.05) is 11.0 Å². The Hall–Kier alpha value is -2.61. The topological polar surface area (TPSA) is 93.3 Å². The summed E-state index contributed by atoms with van der Waals surface area (Å²) in [6.45, 7) is 1.24. The molecule has 2 fully saturated rings. The highest BCUT2D eigenvalue weighted by atomic mass is 19.1. The number of halogens is 1. The number of hydrogen-bond donors (Lipinski definition) is 2. The maximum atomic E-state index is 15.1. The number of aromatic amines is 1. The molecule has 3 unspecified atom stereocenters. The largest absolute Gasteiger partial charge is 0.492 e. The molecule has 0 amide bonds. The Balaban J connectivity index is 1.75. The summed E-state index contributed by atoms with van der Waals surface area (Å²) in [5.41, 5.74) is 5.75. The molecule has 1 aromatic heterocycles. The van der Waals surface area contributed by atoms with Gasteiger partial charge in [0.05, 0.1) is 12.5 Å². The first kappa shape index (κ1) is 16.6. The van der Waals surface area contributed by atoms with Gasteiger partial charge in [0.25, 0.3) is 5.56 Å². The minimum Gasteiger partial charge on any atom is -0.492 e. The summed E-state index contributed by atoms with van der Waals surface area (Å²) in [7, 11) is 1.45. The van der Waals surface area contributed by atoms with Crippen molar-refractivity contribution in [1.29, 1.82) is 0 Å². The van der Waals surface area contributed by atoms with Crippen molar-refractivity contribution in [3.05, 3.63) is 44.9 Å². The Labute approximate surface area is 154 Å². The molecule has 0 radical (unpaired) electrons. The number of H-pyrrole nitrogens is 1. The highest BCUT2D eigenvalue weighted by molar-refractivity contribution is 5.91. The molecule has 1 saturated carbocycles. The minimum absolute atomic E-state index is 0.0124. The van der Waals surface area contributed by atoms with Crippen molar-refractivity contribution in [2.45, 2.75) is 24.9 Å². The van der Waals surface area contributed by atoms with E-state index in [9.17, 15) is 9.59 Å². The molecule has 142 valence electrons. The molecular formula is C19H21FN4O3. The first-order chi connectivity index (χ1) is 13.0. The summed E-state index contributed by atoms with van der Waals surface area (Å²) >= 11 is 0. The van der Waals surface area contributed by atoms with Gasteiger partial charge in [-0.05, 0) is 18.9 Å². The molecule has 1 saturated heterocycles. The predicted octanol–water partition coefficient (Wildman–Crippen LogP) is 1.12. The van der Waals surface area contributed by atoms with Crippen molar-refractivity contribution in [3.8, 4) is 5.75 Å². The van der Waals surface area contributed by atoms with Gasteiger partial charge in [-0.3, -0.25) is 14.3 Å². The Bertz CT molecular complexity index is 1090. The molecule has 8 heteroatoms. The van der Waals surface area contributed by atoms with Gasteiger partial charge in [0.15, 0.2) is 11.6 Å². The third-order valence-electron chi connectivity index (χ3n) is 6.03. The van der Waals surface area contributed by atoms with Gasteiger partial charge in [-0.1, -0.05) is 12.2 Å². The molecule has 1 aromatic carbocycles. The normalized spacial score (nSPS) is 26.8. The molecule has 3 aliphatic rings. The number of rotatable bonds is 3. The summed E-state index contributed by atoms with van der Waals surface area (Å²) in [5, 5.41) is 0.135. The van der Waals surface area contributed by atoms with Crippen LogP contribution >= 0.6 is 0 Å². The number of nitrogens with one attached hydrogen (secondary N) is 1. The molecule has 2 aliphatic carbocycles. The summed E-state index contributed by atoms with van der Waals surface area (Å²) in [5.74, 6) is 0.222. The van der Waals surface area contributed by atoms with E-state index in [1.165, 1.54) is 13.2 Å². The first-order valence-corrected chi connectivity index (χ1v) is 9.23. The van der Waals surface area contributed by atoms with Crippen LogP contribution in [0.2, 0.25) is 0 Å². The van der Waals surface area contributed by atoms with Gasteiger partial charge in [-0.2, -0.15) is 0 Å². The van der Waals surface area contributed by atoms with Crippen molar-refractivity contribution in [2.24, 2.45) is 17.6 Å². The van der Waals surface area contributed by atoms with Gasteiger partial charge < -0.3 is 15.4 Å². The molecule has 0 bridgehead atoms. The van der Waals surface area contributed by atoms with E-state index < -0.39 is 17.1 Å². The average molecular weight is 372 g/mol. The number of anilines is 1. The Morgan fingerprint density at radius 2 is 2.04 bits per heavy atom. The zero-order valence-electron chi connectivity index (χ0n) is 14.9. The number of methoxy groups -OCH3 is 1. The maximum Gasteiger partial charge on any atom is 0.329 e. The maximum absolute atomic E-state index is 15.1. The molecule has 0 spiro atoms. The van der Waals surface area contributed by atoms with Gasteiger partial charge in [0, 0.05) is 37.0 Å². The molecule has 1 aliphatic heterocycles. The first-order valence-electron chi connectivity index (χ1n) is 9.23. The number of fused-ring (bicyclic) bond motifs is 2. The van der Waals surface area contributed by atoms with Crippen molar-refractivity contribution in [1.82, 2.24) is 9.55 Å². The van der Waals surface area contributed by atoms with Crippen LogP contribution in [0.15, 0.2) is 27.8 Å². The fourth-order valence-corrected chi connectivity index (χ4v) is 4.58. The van der Waals surface area contributed by atoms with E-state index in [-0.39, 0.29) is 35.1 Å². The third-order valence-corrected chi connectivity index (χ3v) is 6.03. The van der Waals surface area contributed by atoms with Crippen LogP contribution < -0.4 is 26.6 Å². The van der Waals surface area contributed by atoms with Crippen LogP contribution in [0.3, 0.4) is 0 Å². The second-order valence-corrected chi connectivity index (χ2v) is 7.69. The van der Waals surface area contributed by atoms with E-state index in [0.29, 0.717) is 24.3 Å². The zero-order valence-corrected chi connectivity index (χ0v) is 14.9. The lowest BCUT2D eigenvalue weighted by Gasteiger charge is -2.25. The SMILES string of the molecule is COc1c(N2CC3C=CC(N)C3C2)c(F)cc2c(=O)[nH]c(=O)n(C3CC3)c12. The molecule has 3 N–H and O–H groups in total. The predicted molar refractivity (Wildman–Crippen MR) is 99.9 cm³/mol. The summed E-state index contributed by atoms with van der Waals surface area (Å²) in [6, 6.07) is 1.19.